The molecule has 7 nitrogen and oxygen atoms in total. The van der Waals surface area contributed by atoms with Crippen molar-refractivity contribution in [1.29, 1.82) is 0 Å². The van der Waals surface area contributed by atoms with Crippen LogP contribution in [-0.4, -0.2) is 45.9 Å². The van der Waals surface area contributed by atoms with Crippen molar-refractivity contribution < 1.29 is 18.0 Å². The van der Waals surface area contributed by atoms with Crippen LogP contribution in [0.4, 0.5) is 8.78 Å². The van der Waals surface area contributed by atoms with Gasteiger partial charge >= 0.3 is 6.05 Å². The Hall–Kier alpha value is -2.17. The zero-order chi connectivity index (χ0) is 22.3. The van der Waals surface area contributed by atoms with Gasteiger partial charge in [-0.15, -0.1) is 0 Å². The predicted octanol–water partition coefficient (Wildman–Crippen LogP) is 4.70. The average Bonchev–Trinajstić information content (AvgIpc) is 3.35. The lowest BCUT2D eigenvalue weighted by atomic mass is 10.2. The Balaban J connectivity index is 0.000000303. The minimum Gasteiger partial charge on any atom is -0.463 e. The molecule has 10 heteroatoms. The maximum Gasteiger partial charge on any atom is 0.343 e. The van der Waals surface area contributed by atoms with Crippen LogP contribution >= 0.6 is 15.9 Å². The van der Waals surface area contributed by atoms with Crippen LogP contribution in [0.1, 0.15) is 49.3 Å². The molecule has 0 fully saturated rings. The number of halogens is 3. The number of unbranched alkanes of at least 4 members (excludes halogenated alkanes) is 2. The number of hydrogen-bond donors (Lipinski definition) is 1. The first kappa shape index (κ1) is 24.1. The molecular formula is C20H26BrF2N5O2. The van der Waals surface area contributed by atoms with E-state index in [1.807, 2.05) is 0 Å². The van der Waals surface area contributed by atoms with Crippen molar-refractivity contribution >= 4 is 27.9 Å². The molecule has 0 saturated carbocycles. The van der Waals surface area contributed by atoms with Crippen LogP contribution in [-0.2, 0) is 6.05 Å². The number of nitrogens with two attached hydrogens (primary N) is 1. The van der Waals surface area contributed by atoms with E-state index in [9.17, 15) is 13.6 Å². The second kappa shape index (κ2) is 10.7. The number of hydrogen-bond acceptors (Lipinski definition) is 6. The van der Waals surface area contributed by atoms with E-state index in [-0.39, 0.29) is 21.5 Å². The molecule has 0 spiro atoms. The molecule has 0 bridgehead atoms. The Bertz CT molecular complexity index is 954. The third-order valence-electron chi connectivity index (χ3n) is 4.47. The summed E-state index contributed by atoms with van der Waals surface area (Å²) in [7, 11) is 2.18. The highest BCUT2D eigenvalue weighted by Crippen LogP contribution is 2.30. The fourth-order valence-corrected chi connectivity index (χ4v) is 3.09. The van der Waals surface area contributed by atoms with E-state index in [4.69, 9.17) is 10.2 Å². The van der Waals surface area contributed by atoms with Gasteiger partial charge in [0.05, 0.1) is 10.7 Å². The number of fused-ring (bicyclic) bond motifs is 1. The molecule has 3 rings (SSSR count). The van der Waals surface area contributed by atoms with Crippen molar-refractivity contribution in [2.24, 2.45) is 5.73 Å². The summed E-state index contributed by atoms with van der Waals surface area (Å²) < 4.78 is 33.4. The Labute approximate surface area is 182 Å². The number of nitrogens with zero attached hydrogens (tertiary/aromatic N) is 4. The van der Waals surface area contributed by atoms with Crippen molar-refractivity contribution in [3.8, 4) is 11.5 Å². The average molecular weight is 486 g/mol. The van der Waals surface area contributed by atoms with E-state index in [0.717, 1.165) is 10.6 Å². The van der Waals surface area contributed by atoms with Crippen molar-refractivity contribution in [3.63, 3.8) is 0 Å². The quantitative estimate of drug-likeness (QED) is 0.282. The summed E-state index contributed by atoms with van der Waals surface area (Å²) in [6.07, 6.45) is 5.90. The first-order valence-corrected chi connectivity index (χ1v) is 10.5. The van der Waals surface area contributed by atoms with Crippen molar-refractivity contribution in [2.45, 2.75) is 39.2 Å². The van der Waals surface area contributed by atoms with Crippen molar-refractivity contribution in [1.82, 2.24) is 19.5 Å². The molecule has 0 saturated heterocycles. The molecule has 164 valence electrons. The number of aldehydes is 1. The molecule has 0 aromatic carbocycles. The van der Waals surface area contributed by atoms with E-state index in [1.165, 1.54) is 38.6 Å². The molecule has 0 atom stereocenters. The first-order chi connectivity index (χ1) is 14.2. The third-order valence-corrected chi connectivity index (χ3v) is 5.23. The van der Waals surface area contributed by atoms with Crippen LogP contribution in [0.3, 0.4) is 0 Å². The van der Waals surface area contributed by atoms with Gasteiger partial charge < -0.3 is 9.32 Å². The summed E-state index contributed by atoms with van der Waals surface area (Å²) in [5, 5.41) is 3.77. The summed E-state index contributed by atoms with van der Waals surface area (Å²) in [4.78, 5) is 17.4. The standard InChI is InChI=1S/C12H7BrF2N4O2.C8H19N/c13-10-7(5-20)18-19-9(12(14,15)16)4-6(17-11(10)19)8-2-1-3-21-8;1-4-6-7-8-9(3)5-2/h1-5H,16H2;4-8H2,1-3H3. The highest BCUT2D eigenvalue weighted by molar-refractivity contribution is 9.10. The van der Waals surface area contributed by atoms with Crippen LogP contribution in [0, 0.1) is 0 Å². The largest absolute Gasteiger partial charge is 0.463 e. The Morgan fingerprint density at radius 1 is 1.37 bits per heavy atom. The maximum atomic E-state index is 13.6. The second-order valence-electron chi connectivity index (χ2n) is 6.78. The molecule has 30 heavy (non-hydrogen) atoms. The molecule has 0 unspecified atom stereocenters. The molecule has 0 aliphatic heterocycles. The van der Waals surface area contributed by atoms with Crippen LogP contribution in [0.5, 0.6) is 0 Å². The van der Waals surface area contributed by atoms with Gasteiger partial charge in [0.15, 0.2) is 17.7 Å². The third kappa shape index (κ3) is 5.93. The summed E-state index contributed by atoms with van der Waals surface area (Å²) in [6.45, 7) is 6.89. The van der Waals surface area contributed by atoms with Crippen LogP contribution < -0.4 is 5.73 Å². The zero-order valence-electron chi connectivity index (χ0n) is 17.2. The van der Waals surface area contributed by atoms with E-state index in [2.05, 4.69) is 51.8 Å². The highest BCUT2D eigenvalue weighted by atomic mass is 79.9. The Morgan fingerprint density at radius 3 is 2.63 bits per heavy atom. The lowest BCUT2D eigenvalue weighted by molar-refractivity contribution is -0.00388. The van der Waals surface area contributed by atoms with Gasteiger partial charge in [0, 0.05) is 0 Å². The summed E-state index contributed by atoms with van der Waals surface area (Å²) in [5.41, 5.74) is 4.44. The number of carbonyl (C=O) groups excluding carboxylic acids is 1. The SMILES string of the molecule is CCCCCN(C)CC.NC(F)(F)c1cc(-c2ccco2)nc2c(Br)c(C=O)nn12. The summed E-state index contributed by atoms with van der Waals surface area (Å²) in [5.74, 6) is 0.295. The topological polar surface area (TPSA) is 89.7 Å². The van der Waals surface area contributed by atoms with Gasteiger partial charge in [-0.1, -0.05) is 26.7 Å². The van der Waals surface area contributed by atoms with E-state index >= 15 is 0 Å². The predicted molar refractivity (Wildman–Crippen MR) is 115 cm³/mol. The van der Waals surface area contributed by atoms with Gasteiger partial charge in [-0.05, 0) is 60.7 Å². The van der Waals surface area contributed by atoms with E-state index in [1.54, 1.807) is 12.1 Å². The number of aromatic nitrogens is 3. The van der Waals surface area contributed by atoms with Crippen LogP contribution in [0.15, 0.2) is 33.4 Å². The molecule has 3 aromatic heterocycles. The lowest BCUT2D eigenvalue weighted by Gasteiger charge is -2.12. The number of rotatable bonds is 8. The van der Waals surface area contributed by atoms with E-state index in [0.29, 0.717) is 12.0 Å². The van der Waals surface area contributed by atoms with Gasteiger partial charge in [-0.25, -0.2) is 9.50 Å². The molecule has 0 amide bonds. The number of carbonyl (C=O) groups is 1. The fraction of sp³-hybridized carbons (Fsp3) is 0.450. The number of furan rings is 1. The molecule has 0 radical (unpaired) electrons. The smallest absolute Gasteiger partial charge is 0.343 e. The van der Waals surface area contributed by atoms with Crippen LogP contribution in [0.2, 0.25) is 0 Å². The minimum atomic E-state index is -3.66. The maximum absolute atomic E-state index is 13.6. The molecular weight excluding hydrogens is 460 g/mol. The second-order valence-corrected chi connectivity index (χ2v) is 7.58. The normalized spacial score (nSPS) is 11.6. The van der Waals surface area contributed by atoms with Crippen molar-refractivity contribution in [3.05, 3.63) is 40.3 Å². The van der Waals surface area contributed by atoms with Gasteiger partial charge in [-0.3, -0.25) is 10.5 Å². The molecule has 3 aromatic rings. The van der Waals surface area contributed by atoms with Gasteiger partial charge in [-0.2, -0.15) is 13.9 Å². The first-order valence-electron chi connectivity index (χ1n) is 9.66. The van der Waals surface area contributed by atoms with E-state index < -0.39 is 11.7 Å². The molecule has 3 heterocycles. The Morgan fingerprint density at radius 2 is 2.10 bits per heavy atom. The summed E-state index contributed by atoms with van der Waals surface area (Å²) >= 11 is 3.12. The fourth-order valence-electron chi connectivity index (χ4n) is 2.66. The highest BCUT2D eigenvalue weighted by Gasteiger charge is 2.32. The molecule has 0 aliphatic carbocycles. The number of alkyl halides is 2. The van der Waals surface area contributed by atoms with Crippen LogP contribution in [0.25, 0.3) is 17.1 Å². The molecule has 0 aliphatic rings. The van der Waals surface area contributed by atoms with Gasteiger partial charge in [0.25, 0.3) is 0 Å². The summed E-state index contributed by atoms with van der Waals surface area (Å²) in [6, 6.07) is 0.583. The zero-order valence-corrected chi connectivity index (χ0v) is 18.8. The van der Waals surface area contributed by atoms with Crippen molar-refractivity contribution in [2.75, 3.05) is 20.1 Å². The minimum absolute atomic E-state index is 0.0473. The van der Waals surface area contributed by atoms with Gasteiger partial charge in [0.1, 0.15) is 17.1 Å². The molecule has 2 N–H and O–H groups in total. The Kier molecular flexibility index (Phi) is 8.63. The lowest BCUT2D eigenvalue weighted by Crippen LogP contribution is -2.28. The monoisotopic (exact) mass is 485 g/mol. The van der Waals surface area contributed by atoms with Gasteiger partial charge in [0.2, 0.25) is 0 Å².